The maximum Gasteiger partial charge on any atom is 0 e. The Morgan fingerprint density at radius 3 is 2.18 bits per heavy atom. The molecule has 0 aromatic carbocycles. The van der Waals surface area contributed by atoms with E-state index in [1.807, 2.05) is 0 Å². The average molecular weight is 321 g/mol. The van der Waals surface area contributed by atoms with Crippen LogP contribution in [0.15, 0.2) is 12.4 Å². The molecular formula is C8H11N2Re-. The standard InChI is InChI=1S/C8H11N2.Re/c1-8(2,3)7-6-9-4-5-10-7;/h4-5H,1-3H3;/q-1;. The molecule has 1 rings (SSSR count). The van der Waals surface area contributed by atoms with Crippen LogP contribution >= 0.6 is 0 Å². The molecule has 3 heteroatoms. The van der Waals surface area contributed by atoms with E-state index in [9.17, 15) is 0 Å². The van der Waals surface area contributed by atoms with Gasteiger partial charge in [0.2, 0.25) is 0 Å². The first-order valence-corrected chi connectivity index (χ1v) is 3.30. The van der Waals surface area contributed by atoms with E-state index in [1.54, 1.807) is 12.4 Å². The first-order valence-electron chi connectivity index (χ1n) is 3.30. The summed E-state index contributed by atoms with van der Waals surface area (Å²) in [6.07, 6.45) is 6.17. The van der Waals surface area contributed by atoms with Gasteiger partial charge in [0.05, 0.1) is 0 Å². The van der Waals surface area contributed by atoms with Crippen molar-refractivity contribution >= 4 is 0 Å². The van der Waals surface area contributed by atoms with Crippen molar-refractivity contribution in [2.24, 2.45) is 0 Å². The van der Waals surface area contributed by atoms with Gasteiger partial charge in [-0.3, -0.25) is 4.98 Å². The van der Waals surface area contributed by atoms with Gasteiger partial charge in [-0.05, 0) is 17.3 Å². The molecule has 0 N–H and O–H groups in total. The second kappa shape index (κ2) is 3.94. The molecule has 61 valence electrons. The molecule has 0 saturated heterocycles. The van der Waals surface area contributed by atoms with Gasteiger partial charge in [0.1, 0.15) is 0 Å². The molecule has 1 aromatic heterocycles. The minimum absolute atomic E-state index is 0. The molecule has 1 aromatic rings. The van der Waals surface area contributed by atoms with Crippen LogP contribution in [0.25, 0.3) is 0 Å². The molecule has 2 nitrogen and oxygen atoms in total. The molecule has 0 bridgehead atoms. The van der Waals surface area contributed by atoms with Crippen molar-refractivity contribution in [3.8, 4) is 0 Å². The topological polar surface area (TPSA) is 25.8 Å². The fourth-order valence-corrected chi connectivity index (χ4v) is 0.630. The molecule has 11 heavy (non-hydrogen) atoms. The Hall–Kier alpha value is -0.258. The quantitative estimate of drug-likeness (QED) is 0.678. The summed E-state index contributed by atoms with van der Waals surface area (Å²) in [5.41, 5.74) is 0.976. The van der Waals surface area contributed by atoms with Crippen molar-refractivity contribution in [1.82, 2.24) is 9.97 Å². The molecule has 0 fully saturated rings. The van der Waals surface area contributed by atoms with Gasteiger partial charge < -0.3 is 4.98 Å². The SMILES string of the molecule is CC(C)(C)c1[c-]nccn1.[Re]. The smallest absolute Gasteiger partial charge is 0 e. The number of hydrogen-bond acceptors (Lipinski definition) is 2. The third-order valence-corrected chi connectivity index (χ3v) is 1.23. The third-order valence-electron chi connectivity index (χ3n) is 1.23. The molecule has 0 amide bonds. The summed E-state index contributed by atoms with van der Waals surface area (Å²) in [5.74, 6) is 0. The van der Waals surface area contributed by atoms with E-state index in [2.05, 4.69) is 36.9 Å². The van der Waals surface area contributed by atoms with E-state index in [0.29, 0.717) is 0 Å². The second-order valence-corrected chi connectivity index (χ2v) is 3.27. The van der Waals surface area contributed by atoms with Crippen LogP contribution in [0.4, 0.5) is 0 Å². The van der Waals surface area contributed by atoms with Crippen molar-refractivity contribution in [2.45, 2.75) is 26.2 Å². The van der Waals surface area contributed by atoms with Crippen LogP contribution in [-0.4, -0.2) is 9.97 Å². The van der Waals surface area contributed by atoms with Crippen molar-refractivity contribution < 1.29 is 20.4 Å². The van der Waals surface area contributed by atoms with Crippen LogP contribution in [0, 0.1) is 6.20 Å². The summed E-state index contributed by atoms with van der Waals surface area (Å²) in [6, 6.07) is 0. The normalized spacial score (nSPS) is 10.5. The largest absolute Gasteiger partial charge is 0.456 e. The maximum absolute atomic E-state index is 4.13. The molecule has 1 radical (unpaired) electrons. The third kappa shape index (κ3) is 3.09. The van der Waals surface area contributed by atoms with Crippen LogP contribution in [-0.2, 0) is 25.8 Å². The van der Waals surface area contributed by atoms with Crippen LogP contribution in [0.5, 0.6) is 0 Å². The minimum atomic E-state index is 0. The fourth-order valence-electron chi connectivity index (χ4n) is 0.630. The summed E-state index contributed by atoms with van der Waals surface area (Å²) in [7, 11) is 0. The Morgan fingerprint density at radius 1 is 1.27 bits per heavy atom. The van der Waals surface area contributed by atoms with Gasteiger partial charge in [0, 0.05) is 20.4 Å². The van der Waals surface area contributed by atoms with E-state index in [-0.39, 0.29) is 25.8 Å². The van der Waals surface area contributed by atoms with Gasteiger partial charge in [0.25, 0.3) is 0 Å². The summed E-state index contributed by atoms with van der Waals surface area (Å²) >= 11 is 0. The molecule has 0 unspecified atom stereocenters. The first kappa shape index (κ1) is 10.7. The summed E-state index contributed by atoms with van der Waals surface area (Å²) in [4.78, 5) is 8.00. The van der Waals surface area contributed by atoms with E-state index >= 15 is 0 Å². The molecule has 0 aliphatic rings. The maximum atomic E-state index is 4.13. The van der Waals surface area contributed by atoms with Gasteiger partial charge in [-0.25, -0.2) is 0 Å². The van der Waals surface area contributed by atoms with Crippen LogP contribution in [0.3, 0.4) is 0 Å². The minimum Gasteiger partial charge on any atom is -0.456 e. The second-order valence-electron chi connectivity index (χ2n) is 3.27. The molecule has 0 saturated carbocycles. The molecule has 0 spiro atoms. The molecule has 0 aliphatic heterocycles. The predicted molar refractivity (Wildman–Crippen MR) is 39.6 cm³/mol. The number of hydrogen-bond donors (Lipinski definition) is 0. The van der Waals surface area contributed by atoms with E-state index < -0.39 is 0 Å². The van der Waals surface area contributed by atoms with Crippen LogP contribution in [0.2, 0.25) is 0 Å². The molecule has 1 heterocycles. The zero-order chi connectivity index (χ0) is 7.61. The summed E-state index contributed by atoms with van der Waals surface area (Å²) in [6.45, 7) is 6.27. The Bertz CT molecular complexity index is 203. The van der Waals surface area contributed by atoms with Crippen molar-refractivity contribution in [3.05, 3.63) is 24.3 Å². The van der Waals surface area contributed by atoms with Crippen molar-refractivity contribution in [3.63, 3.8) is 0 Å². The van der Waals surface area contributed by atoms with Gasteiger partial charge in [-0.1, -0.05) is 20.8 Å². The Morgan fingerprint density at radius 2 is 1.91 bits per heavy atom. The number of aromatic nitrogens is 2. The van der Waals surface area contributed by atoms with Gasteiger partial charge in [-0.15, -0.1) is 12.4 Å². The van der Waals surface area contributed by atoms with Crippen molar-refractivity contribution in [2.75, 3.05) is 0 Å². The van der Waals surface area contributed by atoms with E-state index in [4.69, 9.17) is 0 Å². The van der Waals surface area contributed by atoms with Gasteiger partial charge in [0.15, 0.2) is 0 Å². The monoisotopic (exact) mass is 322 g/mol. The van der Waals surface area contributed by atoms with Crippen molar-refractivity contribution in [1.29, 1.82) is 0 Å². The van der Waals surface area contributed by atoms with Gasteiger partial charge in [-0.2, -0.15) is 0 Å². The number of nitrogens with zero attached hydrogens (tertiary/aromatic N) is 2. The Kier molecular flexibility index (Phi) is 3.85. The number of rotatable bonds is 0. The van der Waals surface area contributed by atoms with Crippen LogP contribution in [0.1, 0.15) is 26.5 Å². The molecular weight excluding hydrogens is 310 g/mol. The van der Waals surface area contributed by atoms with Crippen LogP contribution < -0.4 is 0 Å². The Balaban J connectivity index is 0.000001000. The fraction of sp³-hybridized carbons (Fsp3) is 0.500. The van der Waals surface area contributed by atoms with Gasteiger partial charge >= 0.3 is 0 Å². The zero-order valence-electron chi connectivity index (χ0n) is 6.93. The predicted octanol–water partition coefficient (Wildman–Crippen LogP) is 1.57. The molecule has 0 aliphatic carbocycles. The van der Waals surface area contributed by atoms with E-state index in [1.165, 1.54) is 0 Å². The summed E-state index contributed by atoms with van der Waals surface area (Å²) in [5, 5.41) is 0. The zero-order valence-corrected chi connectivity index (χ0v) is 9.64. The summed E-state index contributed by atoms with van der Waals surface area (Å²) < 4.78 is 0. The first-order chi connectivity index (χ1) is 4.61. The average Bonchev–Trinajstić information content (AvgIpc) is 1.88. The Labute approximate surface area is 81.1 Å². The molecule has 0 atom stereocenters. The van der Waals surface area contributed by atoms with E-state index in [0.717, 1.165) is 5.69 Å².